The van der Waals surface area contributed by atoms with E-state index < -0.39 is 11.6 Å². The lowest BCUT2D eigenvalue weighted by Gasteiger charge is -1.98. The predicted molar refractivity (Wildman–Crippen MR) is 67.3 cm³/mol. The van der Waals surface area contributed by atoms with E-state index in [2.05, 4.69) is 5.32 Å². The molecule has 0 amide bonds. The van der Waals surface area contributed by atoms with Crippen molar-refractivity contribution in [3.63, 3.8) is 0 Å². The molecule has 0 atom stereocenters. The average Bonchev–Trinajstić information content (AvgIpc) is 2.79. The minimum Gasteiger partial charge on any atom is -0.319 e. The normalized spacial score (nSPS) is 10.8. The highest BCUT2D eigenvalue weighted by molar-refractivity contribution is 7.15. The van der Waals surface area contributed by atoms with Crippen LogP contribution in [0.3, 0.4) is 0 Å². The fourth-order valence-electron chi connectivity index (χ4n) is 1.57. The number of thiophene rings is 1. The highest BCUT2D eigenvalue weighted by Gasteiger charge is 2.06. The summed E-state index contributed by atoms with van der Waals surface area (Å²) in [6.45, 7) is 0.914. The van der Waals surface area contributed by atoms with Gasteiger partial charge < -0.3 is 5.32 Å². The van der Waals surface area contributed by atoms with Crippen molar-refractivity contribution in [1.82, 2.24) is 5.32 Å². The van der Waals surface area contributed by atoms with E-state index in [0.29, 0.717) is 0 Å². The monoisotopic (exact) mass is 253 g/mol. The van der Waals surface area contributed by atoms with Gasteiger partial charge in [-0.2, -0.15) is 0 Å². The van der Waals surface area contributed by atoms with Gasteiger partial charge in [-0.1, -0.05) is 6.07 Å². The molecule has 4 heteroatoms. The molecule has 1 N–H and O–H groups in total. The van der Waals surface area contributed by atoms with Gasteiger partial charge in [0.1, 0.15) is 0 Å². The Morgan fingerprint density at radius 3 is 2.65 bits per heavy atom. The molecule has 1 nitrogen and oxygen atoms in total. The Morgan fingerprint density at radius 2 is 1.94 bits per heavy atom. The number of hydrogen-bond donors (Lipinski definition) is 1. The molecule has 0 aliphatic carbocycles. The van der Waals surface area contributed by atoms with Gasteiger partial charge in [0.05, 0.1) is 0 Å². The van der Waals surface area contributed by atoms with Crippen molar-refractivity contribution in [2.75, 3.05) is 13.6 Å². The van der Waals surface area contributed by atoms with Gasteiger partial charge in [0.15, 0.2) is 11.6 Å². The number of halogens is 2. The fraction of sp³-hybridized carbons (Fsp3) is 0.231. The van der Waals surface area contributed by atoms with Crippen LogP contribution in [0.1, 0.15) is 4.88 Å². The third-order valence-electron chi connectivity index (χ3n) is 2.49. The molecule has 90 valence electrons. The summed E-state index contributed by atoms with van der Waals surface area (Å²) < 4.78 is 25.9. The average molecular weight is 253 g/mol. The summed E-state index contributed by atoms with van der Waals surface area (Å²) in [4.78, 5) is 2.20. The third kappa shape index (κ3) is 2.90. The lowest BCUT2D eigenvalue weighted by molar-refractivity contribution is 0.509. The Hall–Kier alpha value is -1.26. The Kier molecular flexibility index (Phi) is 3.86. The summed E-state index contributed by atoms with van der Waals surface area (Å²) in [7, 11) is 1.91. The maximum atomic E-state index is 13.1. The first kappa shape index (κ1) is 12.2. The van der Waals surface area contributed by atoms with Crippen LogP contribution >= 0.6 is 11.3 Å². The van der Waals surface area contributed by atoms with Gasteiger partial charge in [0.2, 0.25) is 0 Å². The van der Waals surface area contributed by atoms with E-state index >= 15 is 0 Å². The third-order valence-corrected chi connectivity index (χ3v) is 3.68. The van der Waals surface area contributed by atoms with Gasteiger partial charge in [0, 0.05) is 9.75 Å². The number of benzene rings is 1. The van der Waals surface area contributed by atoms with E-state index in [-0.39, 0.29) is 0 Å². The Bertz CT molecular complexity index is 508. The van der Waals surface area contributed by atoms with Crippen LogP contribution in [0.4, 0.5) is 8.78 Å². The van der Waals surface area contributed by atoms with Crippen LogP contribution in [0.5, 0.6) is 0 Å². The van der Waals surface area contributed by atoms with Crippen molar-refractivity contribution in [2.24, 2.45) is 0 Å². The quantitative estimate of drug-likeness (QED) is 0.880. The van der Waals surface area contributed by atoms with Gasteiger partial charge >= 0.3 is 0 Å². The summed E-state index contributed by atoms with van der Waals surface area (Å²) >= 11 is 1.61. The number of likely N-dealkylation sites (N-methyl/N-ethyl adjacent to an activating group) is 1. The van der Waals surface area contributed by atoms with Crippen molar-refractivity contribution in [1.29, 1.82) is 0 Å². The first-order valence-corrected chi connectivity index (χ1v) is 6.21. The summed E-state index contributed by atoms with van der Waals surface area (Å²) in [6, 6.07) is 7.98. The van der Waals surface area contributed by atoms with Crippen LogP contribution in [0, 0.1) is 11.6 Å². The van der Waals surface area contributed by atoms with Gasteiger partial charge in [-0.05, 0) is 49.8 Å². The lowest BCUT2D eigenvalue weighted by atomic mass is 10.2. The molecule has 0 bridgehead atoms. The lowest BCUT2D eigenvalue weighted by Crippen LogP contribution is -2.09. The van der Waals surface area contributed by atoms with E-state index in [4.69, 9.17) is 0 Å². The first-order valence-electron chi connectivity index (χ1n) is 5.39. The van der Waals surface area contributed by atoms with Crippen LogP contribution in [0.15, 0.2) is 30.3 Å². The maximum Gasteiger partial charge on any atom is 0.159 e. The van der Waals surface area contributed by atoms with E-state index in [1.54, 1.807) is 17.4 Å². The fourth-order valence-corrected chi connectivity index (χ4v) is 2.57. The van der Waals surface area contributed by atoms with Crippen molar-refractivity contribution >= 4 is 11.3 Å². The van der Waals surface area contributed by atoms with E-state index in [9.17, 15) is 8.78 Å². The second kappa shape index (κ2) is 5.38. The molecule has 2 aromatic rings. The molecule has 0 aliphatic rings. The number of hydrogen-bond acceptors (Lipinski definition) is 2. The predicted octanol–water partition coefficient (Wildman–Crippen LogP) is 3.46. The second-order valence-corrected chi connectivity index (χ2v) is 4.92. The van der Waals surface area contributed by atoms with Crippen LogP contribution < -0.4 is 5.32 Å². The zero-order valence-electron chi connectivity index (χ0n) is 9.47. The summed E-state index contributed by atoms with van der Waals surface area (Å²) in [6.07, 6.45) is 0.949. The molecule has 0 unspecified atom stereocenters. The Morgan fingerprint density at radius 1 is 1.12 bits per heavy atom. The highest BCUT2D eigenvalue weighted by atomic mass is 32.1. The van der Waals surface area contributed by atoms with Gasteiger partial charge in [-0.25, -0.2) is 8.78 Å². The first-order chi connectivity index (χ1) is 8.20. The minimum absolute atomic E-state index is 0.726. The van der Waals surface area contributed by atoms with Crippen molar-refractivity contribution in [2.45, 2.75) is 6.42 Å². The zero-order chi connectivity index (χ0) is 12.3. The summed E-state index contributed by atoms with van der Waals surface area (Å²) in [5.74, 6) is -1.60. The molecule has 17 heavy (non-hydrogen) atoms. The van der Waals surface area contributed by atoms with Crippen LogP contribution in [0.25, 0.3) is 10.4 Å². The summed E-state index contributed by atoms with van der Waals surface area (Å²) in [5.41, 5.74) is 0.726. The maximum absolute atomic E-state index is 13.1. The SMILES string of the molecule is CNCCc1ccc(-c2ccc(F)c(F)c2)s1. The largest absolute Gasteiger partial charge is 0.319 e. The van der Waals surface area contributed by atoms with Crippen molar-refractivity contribution in [3.8, 4) is 10.4 Å². The molecule has 2 rings (SSSR count). The summed E-state index contributed by atoms with van der Waals surface area (Å²) in [5, 5.41) is 3.08. The van der Waals surface area contributed by atoms with E-state index in [1.807, 2.05) is 19.2 Å². The molecule has 1 heterocycles. The molecule has 0 saturated heterocycles. The molecular weight excluding hydrogens is 240 g/mol. The molecule has 0 radical (unpaired) electrons. The Labute approximate surface area is 103 Å². The number of rotatable bonds is 4. The van der Waals surface area contributed by atoms with Gasteiger partial charge in [-0.15, -0.1) is 11.3 Å². The van der Waals surface area contributed by atoms with E-state index in [1.165, 1.54) is 10.9 Å². The highest BCUT2D eigenvalue weighted by Crippen LogP contribution is 2.29. The van der Waals surface area contributed by atoms with Gasteiger partial charge in [-0.3, -0.25) is 0 Å². The Balaban J connectivity index is 2.21. The second-order valence-electron chi connectivity index (χ2n) is 3.75. The van der Waals surface area contributed by atoms with Crippen LogP contribution in [-0.2, 0) is 6.42 Å². The van der Waals surface area contributed by atoms with Crippen LogP contribution in [0.2, 0.25) is 0 Å². The molecule has 0 spiro atoms. The molecule has 1 aromatic heterocycles. The molecule has 0 aliphatic heterocycles. The zero-order valence-corrected chi connectivity index (χ0v) is 10.3. The van der Waals surface area contributed by atoms with E-state index in [0.717, 1.165) is 29.5 Å². The van der Waals surface area contributed by atoms with Crippen molar-refractivity contribution < 1.29 is 8.78 Å². The van der Waals surface area contributed by atoms with Crippen molar-refractivity contribution in [3.05, 3.63) is 46.8 Å². The van der Waals surface area contributed by atoms with Crippen LogP contribution in [-0.4, -0.2) is 13.6 Å². The molecule has 0 saturated carbocycles. The minimum atomic E-state index is -0.805. The molecule has 0 fully saturated rings. The smallest absolute Gasteiger partial charge is 0.159 e. The van der Waals surface area contributed by atoms with Gasteiger partial charge in [0.25, 0.3) is 0 Å². The molecule has 1 aromatic carbocycles. The standard InChI is InChI=1S/C13H13F2NS/c1-16-7-6-10-3-5-13(17-10)9-2-4-11(14)12(15)8-9/h2-5,8,16H,6-7H2,1H3. The topological polar surface area (TPSA) is 12.0 Å². The number of nitrogens with one attached hydrogen (secondary N) is 1. The molecular formula is C13H13F2NS.